The number of hydrogen-bond acceptors (Lipinski definition) is 2. The summed E-state index contributed by atoms with van der Waals surface area (Å²) in [7, 11) is 0. The van der Waals surface area contributed by atoms with Gasteiger partial charge in [-0.1, -0.05) is 30.3 Å². The SMILES string of the molecule is S=C(NCCCc1ccccc1)Nc1ccc2[nH]cc(C3CCN4CCCC4C3)c2c1. The molecular weight excluding hydrogens is 400 g/mol. The Morgan fingerprint density at radius 1 is 1.10 bits per heavy atom. The Kier molecular flexibility index (Phi) is 6.23. The molecule has 2 fully saturated rings. The molecule has 1 aromatic heterocycles. The third-order valence-corrected chi connectivity index (χ3v) is 7.25. The summed E-state index contributed by atoms with van der Waals surface area (Å²) in [4.78, 5) is 6.19. The number of nitrogens with one attached hydrogen (secondary N) is 3. The van der Waals surface area contributed by atoms with Gasteiger partial charge in [0.15, 0.2) is 5.11 Å². The third kappa shape index (κ3) is 4.78. The molecule has 3 heterocycles. The number of thiocarbonyl (C=S) groups is 1. The number of rotatable bonds is 6. The average Bonchev–Trinajstić information content (AvgIpc) is 3.43. The van der Waals surface area contributed by atoms with E-state index in [0.717, 1.165) is 31.1 Å². The highest BCUT2D eigenvalue weighted by molar-refractivity contribution is 7.80. The van der Waals surface area contributed by atoms with E-state index in [1.165, 1.54) is 60.8 Å². The van der Waals surface area contributed by atoms with Crippen molar-refractivity contribution in [1.29, 1.82) is 0 Å². The molecule has 31 heavy (non-hydrogen) atoms. The topological polar surface area (TPSA) is 43.1 Å². The average molecular weight is 433 g/mol. The Hall–Kier alpha value is -2.37. The zero-order valence-electron chi connectivity index (χ0n) is 18.1. The zero-order chi connectivity index (χ0) is 21.0. The van der Waals surface area contributed by atoms with Crippen molar-refractivity contribution < 1.29 is 0 Å². The van der Waals surface area contributed by atoms with Crippen LogP contribution in [0, 0.1) is 0 Å². The Labute approximate surface area is 190 Å². The highest BCUT2D eigenvalue weighted by Gasteiger charge is 2.33. The van der Waals surface area contributed by atoms with Gasteiger partial charge in [-0.15, -0.1) is 0 Å². The van der Waals surface area contributed by atoms with Gasteiger partial charge in [0, 0.05) is 35.4 Å². The quantitative estimate of drug-likeness (QED) is 0.359. The number of aryl methyl sites for hydroxylation is 1. The first-order valence-electron chi connectivity index (χ1n) is 11.7. The van der Waals surface area contributed by atoms with Crippen LogP contribution in [0.1, 0.15) is 49.1 Å². The van der Waals surface area contributed by atoms with Gasteiger partial charge in [-0.05, 0) is 99.1 Å². The molecule has 3 aromatic rings. The van der Waals surface area contributed by atoms with Crippen LogP contribution in [-0.4, -0.2) is 40.7 Å². The van der Waals surface area contributed by atoms with Gasteiger partial charge in [0.1, 0.15) is 0 Å². The molecule has 0 aliphatic carbocycles. The summed E-state index contributed by atoms with van der Waals surface area (Å²) in [5, 5.41) is 8.78. The number of H-pyrrole nitrogens is 1. The molecule has 2 saturated heterocycles. The van der Waals surface area contributed by atoms with Crippen LogP contribution in [0.2, 0.25) is 0 Å². The number of aromatic amines is 1. The highest BCUT2D eigenvalue weighted by atomic mass is 32.1. The van der Waals surface area contributed by atoms with Gasteiger partial charge in [0.25, 0.3) is 0 Å². The van der Waals surface area contributed by atoms with Crippen molar-refractivity contribution in [1.82, 2.24) is 15.2 Å². The molecule has 0 saturated carbocycles. The van der Waals surface area contributed by atoms with E-state index in [1.807, 2.05) is 0 Å². The van der Waals surface area contributed by atoms with E-state index in [4.69, 9.17) is 12.2 Å². The van der Waals surface area contributed by atoms with Crippen LogP contribution in [0.4, 0.5) is 5.69 Å². The molecule has 2 unspecified atom stereocenters. The van der Waals surface area contributed by atoms with Crippen LogP contribution >= 0.6 is 12.2 Å². The van der Waals surface area contributed by atoms with Crippen LogP contribution in [0.15, 0.2) is 54.7 Å². The standard InChI is InChI=1S/C26H32N4S/c31-26(27-13-4-8-19-6-2-1-3-7-19)29-21-10-11-25-23(17-21)24(18-28-25)20-12-15-30-14-5-9-22(30)16-20/h1-3,6-7,10-11,17-18,20,22,28H,4-5,8-9,12-16H2,(H2,27,29,31). The predicted molar refractivity (Wildman–Crippen MR) is 134 cm³/mol. The van der Waals surface area contributed by atoms with Gasteiger partial charge in [-0.3, -0.25) is 0 Å². The Bertz CT molecular complexity index is 1030. The summed E-state index contributed by atoms with van der Waals surface area (Å²) in [6.45, 7) is 3.42. The minimum absolute atomic E-state index is 0.659. The fourth-order valence-corrected chi connectivity index (χ4v) is 5.60. The van der Waals surface area contributed by atoms with Crippen molar-refractivity contribution in [2.45, 2.75) is 50.5 Å². The fraction of sp³-hybridized carbons (Fsp3) is 0.423. The Morgan fingerprint density at radius 3 is 2.90 bits per heavy atom. The summed E-state index contributed by atoms with van der Waals surface area (Å²) in [6, 6.07) is 17.9. The van der Waals surface area contributed by atoms with Crippen molar-refractivity contribution in [2.75, 3.05) is 25.0 Å². The van der Waals surface area contributed by atoms with Crippen molar-refractivity contribution in [2.24, 2.45) is 0 Å². The highest BCUT2D eigenvalue weighted by Crippen LogP contribution is 2.39. The van der Waals surface area contributed by atoms with Crippen molar-refractivity contribution in [3.63, 3.8) is 0 Å². The summed E-state index contributed by atoms with van der Waals surface area (Å²) >= 11 is 5.54. The molecular formula is C26H32N4S. The van der Waals surface area contributed by atoms with Gasteiger partial charge in [-0.2, -0.15) is 0 Å². The minimum atomic E-state index is 0.659. The van der Waals surface area contributed by atoms with E-state index < -0.39 is 0 Å². The second-order valence-electron chi connectivity index (χ2n) is 9.03. The zero-order valence-corrected chi connectivity index (χ0v) is 18.9. The predicted octanol–water partition coefficient (Wildman–Crippen LogP) is 5.43. The lowest BCUT2D eigenvalue weighted by atomic mass is 9.85. The smallest absolute Gasteiger partial charge is 0.170 e. The summed E-state index contributed by atoms with van der Waals surface area (Å²) in [5.74, 6) is 0.659. The molecule has 4 nitrogen and oxygen atoms in total. The molecule has 0 amide bonds. The van der Waals surface area contributed by atoms with E-state index in [-0.39, 0.29) is 0 Å². The first-order valence-corrected chi connectivity index (χ1v) is 12.1. The maximum absolute atomic E-state index is 5.54. The van der Waals surface area contributed by atoms with Gasteiger partial charge in [0.2, 0.25) is 0 Å². The van der Waals surface area contributed by atoms with Crippen LogP contribution in [0.3, 0.4) is 0 Å². The lowest BCUT2D eigenvalue weighted by molar-refractivity contribution is 0.181. The van der Waals surface area contributed by atoms with Gasteiger partial charge < -0.3 is 20.5 Å². The van der Waals surface area contributed by atoms with E-state index in [1.54, 1.807) is 0 Å². The first kappa shape index (κ1) is 20.5. The number of nitrogens with zero attached hydrogens (tertiary/aromatic N) is 1. The fourth-order valence-electron chi connectivity index (χ4n) is 5.38. The van der Waals surface area contributed by atoms with Crippen molar-refractivity contribution >= 4 is 33.9 Å². The van der Waals surface area contributed by atoms with Crippen LogP contribution < -0.4 is 10.6 Å². The number of piperidine rings is 1. The molecule has 2 aliphatic heterocycles. The molecule has 0 bridgehead atoms. The summed E-state index contributed by atoms with van der Waals surface area (Å²) < 4.78 is 0. The van der Waals surface area contributed by atoms with E-state index in [9.17, 15) is 0 Å². The van der Waals surface area contributed by atoms with Gasteiger partial charge in [0.05, 0.1) is 0 Å². The second-order valence-corrected chi connectivity index (χ2v) is 9.44. The molecule has 2 atom stereocenters. The lowest BCUT2D eigenvalue weighted by Gasteiger charge is -2.34. The van der Waals surface area contributed by atoms with Crippen molar-refractivity contribution in [3.05, 3.63) is 65.9 Å². The molecule has 2 aliphatic rings. The monoisotopic (exact) mass is 432 g/mol. The van der Waals surface area contributed by atoms with E-state index in [2.05, 4.69) is 75.2 Å². The van der Waals surface area contributed by atoms with Gasteiger partial charge >= 0.3 is 0 Å². The molecule has 162 valence electrons. The molecule has 0 spiro atoms. The number of fused-ring (bicyclic) bond motifs is 2. The van der Waals surface area contributed by atoms with Crippen LogP contribution in [0.5, 0.6) is 0 Å². The van der Waals surface area contributed by atoms with Crippen molar-refractivity contribution in [3.8, 4) is 0 Å². The Morgan fingerprint density at radius 2 is 2.00 bits per heavy atom. The maximum atomic E-state index is 5.54. The number of anilines is 1. The third-order valence-electron chi connectivity index (χ3n) is 7.00. The molecule has 5 rings (SSSR count). The van der Waals surface area contributed by atoms with E-state index >= 15 is 0 Å². The summed E-state index contributed by atoms with van der Waals surface area (Å²) in [5.41, 5.74) is 5.13. The molecule has 2 aromatic carbocycles. The number of hydrogen-bond donors (Lipinski definition) is 3. The molecule has 3 N–H and O–H groups in total. The lowest BCUT2D eigenvalue weighted by Crippen LogP contribution is -2.37. The minimum Gasteiger partial charge on any atom is -0.362 e. The van der Waals surface area contributed by atoms with Crippen LogP contribution in [0.25, 0.3) is 10.9 Å². The maximum Gasteiger partial charge on any atom is 0.170 e. The van der Waals surface area contributed by atoms with E-state index in [0.29, 0.717) is 11.0 Å². The number of benzene rings is 2. The molecule has 5 heteroatoms. The molecule has 0 radical (unpaired) electrons. The van der Waals surface area contributed by atoms with Crippen LogP contribution in [-0.2, 0) is 6.42 Å². The largest absolute Gasteiger partial charge is 0.362 e. The first-order chi connectivity index (χ1) is 15.3. The Balaban J connectivity index is 1.18. The van der Waals surface area contributed by atoms with Gasteiger partial charge in [-0.25, -0.2) is 0 Å². The number of aromatic nitrogens is 1. The normalized spacial score (nSPS) is 21.2. The second kappa shape index (κ2) is 9.41. The summed E-state index contributed by atoms with van der Waals surface area (Å²) in [6.07, 6.45) is 9.67.